The molecule has 1 aromatic rings. The molecule has 2 rings (SSSR count). The largest absolute Gasteiger partial charge is 0.325 e. The minimum atomic E-state index is -3.55. The number of nitrogens with zero attached hydrogens (tertiary/aromatic N) is 1. The maximum Gasteiger partial charge on any atom is 0.241 e. The van der Waals surface area contributed by atoms with E-state index in [4.69, 9.17) is 0 Å². The van der Waals surface area contributed by atoms with Gasteiger partial charge in [-0.1, -0.05) is 26.0 Å². The van der Waals surface area contributed by atoms with Gasteiger partial charge in [-0.3, -0.25) is 9.69 Å². The molecule has 0 atom stereocenters. The maximum absolute atomic E-state index is 11.9. The van der Waals surface area contributed by atoms with Crippen molar-refractivity contribution in [2.45, 2.75) is 33.4 Å². The number of anilines is 1. The minimum Gasteiger partial charge on any atom is -0.325 e. The van der Waals surface area contributed by atoms with Gasteiger partial charge in [0.05, 0.1) is 0 Å². The highest BCUT2D eigenvalue weighted by molar-refractivity contribution is 7.90. The van der Waals surface area contributed by atoms with Crippen molar-refractivity contribution in [3.8, 4) is 0 Å². The Hall–Kier alpha value is -1.44. The average Bonchev–Trinajstić information content (AvgIpc) is 2.88. The zero-order valence-electron chi connectivity index (χ0n) is 13.9. The van der Waals surface area contributed by atoms with E-state index >= 15 is 0 Å². The van der Waals surface area contributed by atoms with Crippen molar-refractivity contribution >= 4 is 21.6 Å². The predicted octanol–water partition coefficient (Wildman–Crippen LogP) is 1.54. The molecular formula is C16H25N3O3S. The first-order valence-electron chi connectivity index (χ1n) is 7.85. The zero-order valence-corrected chi connectivity index (χ0v) is 14.7. The van der Waals surface area contributed by atoms with Crippen molar-refractivity contribution in [3.05, 3.63) is 29.3 Å². The van der Waals surface area contributed by atoms with Gasteiger partial charge >= 0.3 is 0 Å². The monoisotopic (exact) mass is 339 g/mol. The highest BCUT2D eigenvalue weighted by Crippen LogP contribution is 2.29. The summed E-state index contributed by atoms with van der Waals surface area (Å²) in [5.74, 6) is -0.428. The van der Waals surface area contributed by atoms with Crippen molar-refractivity contribution in [2.24, 2.45) is 5.92 Å². The number of sulfonamides is 1. The van der Waals surface area contributed by atoms with Crippen LogP contribution >= 0.6 is 0 Å². The number of carbonyl (C=O) groups excluding carboxylic acids is 1. The smallest absolute Gasteiger partial charge is 0.241 e. The van der Waals surface area contributed by atoms with Gasteiger partial charge in [0.2, 0.25) is 15.9 Å². The quantitative estimate of drug-likeness (QED) is 0.790. The number of hydrogen-bond donors (Lipinski definition) is 2. The highest BCUT2D eigenvalue weighted by Gasteiger charge is 2.23. The molecule has 0 radical (unpaired) electrons. The summed E-state index contributed by atoms with van der Waals surface area (Å²) in [6, 6.07) is 5.78. The van der Waals surface area contributed by atoms with Crippen LogP contribution in [0.3, 0.4) is 0 Å². The fourth-order valence-corrected chi connectivity index (χ4v) is 3.20. The number of fused-ring (bicyclic) bond motifs is 1. The van der Waals surface area contributed by atoms with Gasteiger partial charge < -0.3 is 5.32 Å². The fourth-order valence-electron chi connectivity index (χ4n) is 2.64. The summed E-state index contributed by atoms with van der Waals surface area (Å²) in [5.41, 5.74) is 3.00. The van der Waals surface area contributed by atoms with Crippen LogP contribution in [0.1, 0.15) is 31.4 Å². The summed E-state index contributed by atoms with van der Waals surface area (Å²) >= 11 is 0. The molecule has 0 bridgehead atoms. The zero-order chi connectivity index (χ0) is 17.0. The molecule has 7 heteroatoms. The van der Waals surface area contributed by atoms with Crippen LogP contribution in [-0.4, -0.2) is 38.6 Å². The lowest BCUT2D eigenvalue weighted by molar-refractivity contribution is -0.113. The lowest BCUT2D eigenvalue weighted by atomic mass is 10.1. The van der Waals surface area contributed by atoms with Crippen molar-refractivity contribution in [1.82, 2.24) is 9.62 Å². The van der Waals surface area contributed by atoms with Gasteiger partial charge in [0, 0.05) is 18.8 Å². The van der Waals surface area contributed by atoms with Crippen LogP contribution in [0.25, 0.3) is 0 Å². The van der Waals surface area contributed by atoms with E-state index in [0.717, 1.165) is 31.6 Å². The molecule has 1 aliphatic heterocycles. The molecule has 0 aliphatic carbocycles. The van der Waals surface area contributed by atoms with Crippen LogP contribution in [-0.2, 0) is 27.9 Å². The Morgan fingerprint density at radius 2 is 2.04 bits per heavy atom. The molecule has 0 spiro atoms. The number of carbonyl (C=O) groups is 1. The van der Waals surface area contributed by atoms with Crippen LogP contribution in [0.5, 0.6) is 0 Å². The summed E-state index contributed by atoms with van der Waals surface area (Å²) in [5, 5.41) is 2.73. The van der Waals surface area contributed by atoms with Gasteiger partial charge in [-0.2, -0.15) is 0 Å². The van der Waals surface area contributed by atoms with Crippen molar-refractivity contribution in [3.63, 3.8) is 0 Å². The van der Waals surface area contributed by atoms with Crippen LogP contribution in [0.4, 0.5) is 5.69 Å². The SMILES string of the molecule is CNS(=O)(=O)CC(=O)Nc1cccc2c1CN(CCC(C)C)C2. The predicted molar refractivity (Wildman–Crippen MR) is 91.5 cm³/mol. The van der Waals surface area contributed by atoms with Gasteiger partial charge in [0.1, 0.15) is 5.75 Å². The number of hydrogen-bond acceptors (Lipinski definition) is 4. The Morgan fingerprint density at radius 1 is 1.30 bits per heavy atom. The van der Waals surface area contributed by atoms with Crippen molar-refractivity contribution < 1.29 is 13.2 Å². The number of nitrogens with one attached hydrogen (secondary N) is 2. The summed E-state index contributed by atoms with van der Waals surface area (Å²) in [6.45, 7) is 7.10. The van der Waals surface area contributed by atoms with Gasteiger partial charge in [0.25, 0.3) is 0 Å². The molecule has 0 saturated heterocycles. The molecular weight excluding hydrogens is 314 g/mol. The first-order valence-corrected chi connectivity index (χ1v) is 9.50. The number of rotatable bonds is 7. The third-order valence-corrected chi connectivity index (χ3v) is 5.24. The van der Waals surface area contributed by atoms with Crippen LogP contribution in [0.15, 0.2) is 18.2 Å². The van der Waals surface area contributed by atoms with E-state index in [9.17, 15) is 13.2 Å². The molecule has 128 valence electrons. The van der Waals surface area contributed by atoms with Crippen LogP contribution in [0.2, 0.25) is 0 Å². The molecule has 6 nitrogen and oxygen atoms in total. The normalized spacial score (nSPS) is 15.0. The van der Waals surface area contributed by atoms with Crippen LogP contribution in [0, 0.1) is 5.92 Å². The molecule has 0 unspecified atom stereocenters. The lowest BCUT2D eigenvalue weighted by Crippen LogP contribution is -2.30. The maximum atomic E-state index is 11.9. The molecule has 0 aromatic heterocycles. The molecule has 1 amide bonds. The van der Waals surface area contributed by atoms with Gasteiger partial charge in [-0.15, -0.1) is 0 Å². The number of benzene rings is 1. The lowest BCUT2D eigenvalue weighted by Gasteiger charge is -2.16. The van der Waals surface area contributed by atoms with E-state index in [1.165, 1.54) is 12.6 Å². The molecule has 1 aromatic carbocycles. The topological polar surface area (TPSA) is 78.5 Å². The summed E-state index contributed by atoms with van der Waals surface area (Å²) in [6.07, 6.45) is 1.14. The second-order valence-corrected chi connectivity index (χ2v) is 8.27. The fraction of sp³-hybridized carbons (Fsp3) is 0.562. The Balaban J connectivity index is 2.04. The standard InChI is InChI=1S/C16H25N3O3S/c1-12(2)7-8-19-9-13-5-4-6-15(14(13)10-19)18-16(20)11-23(21,22)17-3/h4-6,12,17H,7-11H2,1-3H3,(H,18,20). The third kappa shape index (κ3) is 5.02. The van der Waals surface area contributed by atoms with Gasteiger partial charge in [-0.25, -0.2) is 13.1 Å². The molecule has 2 N–H and O–H groups in total. The number of amides is 1. The first kappa shape index (κ1) is 17.9. The van der Waals surface area contributed by atoms with E-state index in [1.54, 1.807) is 0 Å². The highest BCUT2D eigenvalue weighted by atomic mass is 32.2. The van der Waals surface area contributed by atoms with E-state index in [1.807, 2.05) is 12.1 Å². The Kier molecular flexibility index (Phi) is 5.78. The molecule has 0 fully saturated rings. The van der Waals surface area contributed by atoms with Crippen molar-refractivity contribution in [1.29, 1.82) is 0 Å². The second-order valence-electron chi connectivity index (χ2n) is 6.35. The summed E-state index contributed by atoms with van der Waals surface area (Å²) in [7, 11) is -2.25. The van der Waals surface area contributed by atoms with E-state index < -0.39 is 21.7 Å². The summed E-state index contributed by atoms with van der Waals surface area (Å²) < 4.78 is 25.1. The molecule has 1 aliphatic rings. The van der Waals surface area contributed by atoms with Crippen molar-refractivity contribution in [2.75, 3.05) is 24.7 Å². The van der Waals surface area contributed by atoms with E-state index in [0.29, 0.717) is 11.6 Å². The molecule has 1 heterocycles. The summed E-state index contributed by atoms with van der Waals surface area (Å²) in [4.78, 5) is 14.3. The Labute approximate surface area is 138 Å². The first-order chi connectivity index (χ1) is 10.8. The van der Waals surface area contributed by atoms with E-state index in [-0.39, 0.29) is 0 Å². The minimum absolute atomic E-state index is 0.520. The van der Waals surface area contributed by atoms with Crippen LogP contribution < -0.4 is 10.0 Å². The third-order valence-electron chi connectivity index (χ3n) is 3.98. The molecule has 0 saturated carbocycles. The Bertz CT molecular complexity index is 671. The van der Waals surface area contributed by atoms with E-state index in [2.05, 4.69) is 34.9 Å². The Morgan fingerprint density at radius 3 is 2.70 bits per heavy atom. The van der Waals surface area contributed by atoms with Gasteiger partial charge in [0.15, 0.2) is 0 Å². The second kappa shape index (κ2) is 7.42. The average molecular weight is 339 g/mol. The molecule has 23 heavy (non-hydrogen) atoms. The van der Waals surface area contributed by atoms with Gasteiger partial charge in [-0.05, 0) is 43.1 Å².